The van der Waals surface area contributed by atoms with E-state index in [0.717, 1.165) is 5.56 Å². The molecular weight excluding hydrogens is 250 g/mol. The van der Waals surface area contributed by atoms with Gasteiger partial charge in [-0.25, -0.2) is 8.42 Å². The van der Waals surface area contributed by atoms with Gasteiger partial charge < -0.3 is 5.73 Å². The van der Waals surface area contributed by atoms with Crippen LogP contribution < -0.4 is 5.73 Å². The number of hydrogen-bond acceptors (Lipinski definition) is 4. The summed E-state index contributed by atoms with van der Waals surface area (Å²) in [4.78, 5) is 11.8. The zero-order valence-corrected chi connectivity index (χ0v) is 11.3. The van der Waals surface area contributed by atoms with E-state index in [1.54, 1.807) is 19.1 Å². The summed E-state index contributed by atoms with van der Waals surface area (Å²) in [5.41, 5.74) is 6.59. The molecule has 4 nitrogen and oxygen atoms in total. The van der Waals surface area contributed by atoms with Gasteiger partial charge in [0.05, 0.1) is 11.8 Å². The van der Waals surface area contributed by atoms with Crippen molar-refractivity contribution in [2.45, 2.75) is 25.8 Å². The van der Waals surface area contributed by atoms with E-state index in [0.29, 0.717) is 6.42 Å². The van der Waals surface area contributed by atoms with E-state index in [9.17, 15) is 13.2 Å². The second-order valence-electron chi connectivity index (χ2n) is 4.19. The van der Waals surface area contributed by atoms with Gasteiger partial charge in [0.2, 0.25) is 0 Å². The van der Waals surface area contributed by atoms with Crippen LogP contribution in [0.4, 0.5) is 0 Å². The Labute approximate surface area is 108 Å². The second kappa shape index (κ2) is 6.66. The molecule has 1 atom stereocenters. The maximum atomic E-state index is 11.8. The van der Waals surface area contributed by atoms with Crippen molar-refractivity contribution in [1.29, 1.82) is 0 Å². The lowest BCUT2D eigenvalue weighted by atomic mass is 10.0. The quantitative estimate of drug-likeness (QED) is 0.813. The maximum absolute atomic E-state index is 11.8. The number of Topliss-reactive ketones (excluding diaryl/α,β-unsaturated/α-hetero) is 1. The first-order chi connectivity index (χ1) is 8.46. The molecule has 0 aliphatic carbocycles. The first-order valence-corrected chi connectivity index (χ1v) is 7.82. The third kappa shape index (κ3) is 4.58. The number of benzene rings is 1. The summed E-state index contributed by atoms with van der Waals surface area (Å²) in [5, 5.41) is 0. The third-order valence-corrected chi connectivity index (χ3v) is 4.61. The number of carbonyl (C=O) groups excluding carboxylic acids is 1. The zero-order valence-electron chi connectivity index (χ0n) is 10.5. The van der Waals surface area contributed by atoms with Gasteiger partial charge in [0.25, 0.3) is 0 Å². The van der Waals surface area contributed by atoms with Crippen LogP contribution in [0.25, 0.3) is 0 Å². The minimum atomic E-state index is -3.00. The van der Waals surface area contributed by atoms with Crippen LogP contribution >= 0.6 is 0 Å². The van der Waals surface area contributed by atoms with Crippen molar-refractivity contribution >= 4 is 15.6 Å². The fraction of sp³-hybridized carbons (Fsp3) is 0.462. The Kier molecular flexibility index (Phi) is 5.50. The van der Waals surface area contributed by atoms with Crippen LogP contribution in [0.1, 0.15) is 31.4 Å². The molecule has 0 aromatic heterocycles. The molecule has 100 valence electrons. The average Bonchev–Trinajstić information content (AvgIpc) is 2.38. The fourth-order valence-corrected chi connectivity index (χ4v) is 2.49. The molecule has 0 aliphatic rings. The van der Waals surface area contributed by atoms with Crippen LogP contribution in [0, 0.1) is 0 Å². The topological polar surface area (TPSA) is 77.2 Å². The highest BCUT2D eigenvalue weighted by Crippen LogP contribution is 2.13. The van der Waals surface area contributed by atoms with E-state index >= 15 is 0 Å². The molecule has 0 saturated heterocycles. The molecule has 0 unspecified atom stereocenters. The van der Waals surface area contributed by atoms with E-state index in [-0.39, 0.29) is 23.7 Å². The Hall–Kier alpha value is -1.20. The Morgan fingerprint density at radius 2 is 1.89 bits per heavy atom. The van der Waals surface area contributed by atoms with Gasteiger partial charge in [-0.05, 0) is 12.0 Å². The number of rotatable bonds is 7. The molecule has 0 radical (unpaired) electrons. The molecule has 2 N–H and O–H groups in total. The molecule has 5 heteroatoms. The Bertz CT molecular complexity index is 482. The highest BCUT2D eigenvalue weighted by Gasteiger charge is 2.16. The van der Waals surface area contributed by atoms with Crippen molar-refractivity contribution in [2.75, 3.05) is 11.5 Å². The molecule has 1 rings (SSSR count). The fourth-order valence-electron chi connectivity index (χ4n) is 1.61. The summed E-state index contributed by atoms with van der Waals surface area (Å²) >= 11 is 0. The normalized spacial score (nSPS) is 13.2. The molecule has 18 heavy (non-hydrogen) atoms. The third-order valence-electron chi connectivity index (χ3n) is 2.82. The Balaban J connectivity index is 2.47. The maximum Gasteiger partial charge on any atom is 0.154 e. The first-order valence-electron chi connectivity index (χ1n) is 6.00. The monoisotopic (exact) mass is 269 g/mol. The lowest BCUT2D eigenvalue weighted by Gasteiger charge is -2.10. The molecule has 0 spiro atoms. The van der Waals surface area contributed by atoms with Gasteiger partial charge in [-0.1, -0.05) is 37.3 Å². The van der Waals surface area contributed by atoms with Crippen molar-refractivity contribution in [2.24, 2.45) is 5.73 Å². The highest BCUT2D eigenvalue weighted by molar-refractivity contribution is 7.91. The van der Waals surface area contributed by atoms with Gasteiger partial charge in [-0.3, -0.25) is 4.79 Å². The molecule has 1 aromatic carbocycles. The minimum Gasteiger partial charge on any atom is -0.318 e. The van der Waals surface area contributed by atoms with Gasteiger partial charge >= 0.3 is 0 Å². The summed E-state index contributed by atoms with van der Waals surface area (Å²) in [6.45, 7) is 1.60. The number of carbonyl (C=O) groups is 1. The minimum absolute atomic E-state index is 0.0523. The zero-order chi connectivity index (χ0) is 13.6. The first kappa shape index (κ1) is 14.9. The van der Waals surface area contributed by atoms with Crippen molar-refractivity contribution in [3.8, 4) is 0 Å². The van der Waals surface area contributed by atoms with E-state index in [1.807, 2.05) is 18.2 Å². The largest absolute Gasteiger partial charge is 0.318 e. The van der Waals surface area contributed by atoms with E-state index in [1.165, 1.54) is 0 Å². The van der Waals surface area contributed by atoms with Gasteiger partial charge in [-0.15, -0.1) is 0 Å². The smallest absolute Gasteiger partial charge is 0.154 e. The average molecular weight is 269 g/mol. The van der Waals surface area contributed by atoms with Crippen molar-refractivity contribution in [3.05, 3.63) is 35.9 Å². The highest BCUT2D eigenvalue weighted by atomic mass is 32.2. The molecule has 1 aromatic rings. The number of sulfone groups is 1. The van der Waals surface area contributed by atoms with Crippen LogP contribution in [0.3, 0.4) is 0 Å². The molecule has 0 saturated carbocycles. The number of ketones is 1. The van der Waals surface area contributed by atoms with Crippen LogP contribution in [0.15, 0.2) is 30.3 Å². The number of hydrogen-bond donors (Lipinski definition) is 1. The van der Waals surface area contributed by atoms with Crippen molar-refractivity contribution in [3.63, 3.8) is 0 Å². The summed E-state index contributed by atoms with van der Waals surface area (Å²) in [5.74, 6) is 0.0513. The van der Waals surface area contributed by atoms with Crippen LogP contribution in [0.5, 0.6) is 0 Å². The molecule has 0 aliphatic heterocycles. The standard InChI is InChI=1S/C13H19NO3S/c1-2-18(16,17)10-6-9-12(15)13(14)11-7-4-3-5-8-11/h3-5,7-8,13H,2,6,9-10,14H2,1H3/t13-/m1/s1. The van der Waals surface area contributed by atoms with Gasteiger partial charge in [0, 0.05) is 12.2 Å². The predicted molar refractivity (Wildman–Crippen MR) is 71.9 cm³/mol. The van der Waals surface area contributed by atoms with E-state index < -0.39 is 15.9 Å². The van der Waals surface area contributed by atoms with E-state index in [2.05, 4.69) is 0 Å². The SMILES string of the molecule is CCS(=O)(=O)CCCC(=O)[C@H](N)c1ccccc1. The number of nitrogens with two attached hydrogens (primary N) is 1. The van der Waals surface area contributed by atoms with Crippen LogP contribution in [-0.4, -0.2) is 25.7 Å². The lowest BCUT2D eigenvalue weighted by Crippen LogP contribution is -2.22. The van der Waals surface area contributed by atoms with Gasteiger partial charge in [0.15, 0.2) is 5.78 Å². The van der Waals surface area contributed by atoms with Gasteiger partial charge in [0.1, 0.15) is 9.84 Å². The van der Waals surface area contributed by atoms with Gasteiger partial charge in [-0.2, -0.15) is 0 Å². The molecule has 0 bridgehead atoms. The van der Waals surface area contributed by atoms with Crippen molar-refractivity contribution in [1.82, 2.24) is 0 Å². The molecule has 0 fully saturated rings. The lowest BCUT2D eigenvalue weighted by molar-refractivity contribution is -0.120. The van der Waals surface area contributed by atoms with Crippen LogP contribution in [-0.2, 0) is 14.6 Å². The van der Waals surface area contributed by atoms with Crippen molar-refractivity contribution < 1.29 is 13.2 Å². The molecule has 0 heterocycles. The summed E-state index contributed by atoms with van der Waals surface area (Å²) in [7, 11) is -3.00. The molecule has 0 amide bonds. The predicted octanol–water partition coefficient (Wildman–Crippen LogP) is 1.47. The van der Waals surface area contributed by atoms with E-state index in [4.69, 9.17) is 5.73 Å². The summed E-state index contributed by atoms with van der Waals surface area (Å²) in [6, 6.07) is 8.44. The Morgan fingerprint density at radius 1 is 1.28 bits per heavy atom. The van der Waals surface area contributed by atoms with Crippen LogP contribution in [0.2, 0.25) is 0 Å². The summed E-state index contributed by atoms with van der Waals surface area (Å²) in [6.07, 6.45) is 0.546. The molecular formula is C13H19NO3S. The Morgan fingerprint density at radius 3 is 2.44 bits per heavy atom. The second-order valence-corrected chi connectivity index (χ2v) is 6.67. The summed E-state index contributed by atoms with van der Waals surface area (Å²) < 4.78 is 22.6.